The molecular weight excluding hydrogens is 412 g/mol. The molecular formula is C19H39BrO3Si2. The predicted octanol–water partition coefficient (Wildman–Crippen LogP) is 6.65. The fraction of sp³-hybridized carbons (Fsp3) is 0.842. The average Bonchev–Trinajstić information content (AvgIpc) is 2.34. The van der Waals surface area contributed by atoms with Crippen molar-refractivity contribution in [2.75, 3.05) is 0 Å². The van der Waals surface area contributed by atoms with Gasteiger partial charge in [0, 0.05) is 17.3 Å². The van der Waals surface area contributed by atoms with E-state index in [4.69, 9.17) is 8.85 Å². The summed E-state index contributed by atoms with van der Waals surface area (Å²) in [5.74, 6) is 0. The van der Waals surface area contributed by atoms with Crippen LogP contribution in [0.15, 0.2) is 11.1 Å². The van der Waals surface area contributed by atoms with Crippen molar-refractivity contribution in [1.29, 1.82) is 0 Å². The highest BCUT2D eigenvalue weighted by Gasteiger charge is 2.42. The van der Waals surface area contributed by atoms with Gasteiger partial charge in [-0.25, -0.2) is 0 Å². The number of halogens is 1. The van der Waals surface area contributed by atoms with Gasteiger partial charge in [0.05, 0.1) is 12.2 Å². The monoisotopic (exact) mass is 450 g/mol. The van der Waals surface area contributed by atoms with Gasteiger partial charge in [-0.2, -0.15) is 0 Å². The Morgan fingerprint density at radius 2 is 1.40 bits per heavy atom. The zero-order valence-electron chi connectivity index (χ0n) is 18.0. The maximum Gasteiger partial charge on any atom is 0.192 e. The normalized spacial score (nSPS) is 16.4. The molecule has 2 atom stereocenters. The Balaban J connectivity index is 5.36. The highest BCUT2D eigenvalue weighted by atomic mass is 79.9. The van der Waals surface area contributed by atoms with Crippen LogP contribution in [0.1, 0.15) is 54.4 Å². The molecule has 0 aromatic rings. The smallest absolute Gasteiger partial charge is 0.192 e. The molecule has 0 aromatic heterocycles. The van der Waals surface area contributed by atoms with E-state index < -0.39 is 16.6 Å². The lowest BCUT2D eigenvalue weighted by Crippen LogP contribution is -2.47. The first kappa shape index (κ1) is 25.2. The molecule has 0 saturated carbocycles. The number of carbonyl (C=O) groups is 1. The van der Waals surface area contributed by atoms with E-state index >= 15 is 0 Å². The van der Waals surface area contributed by atoms with Crippen LogP contribution in [0.4, 0.5) is 0 Å². The van der Waals surface area contributed by atoms with Gasteiger partial charge in [-0.15, -0.1) is 0 Å². The maximum atomic E-state index is 11.2. The second-order valence-electron chi connectivity index (χ2n) is 9.95. The standard InChI is InChI=1S/C19H39BrO3Si2/c1-15(20)17(23-25(10,11)19(5,6)7)14-16(12-13-21)22-24(8,9)18(2,3)4/h13,16-17H,1,12,14H2,2-11H3/t16-,17+/m1/s1. The molecule has 0 radical (unpaired) electrons. The zero-order valence-corrected chi connectivity index (χ0v) is 21.5. The van der Waals surface area contributed by atoms with Crippen molar-refractivity contribution in [3.05, 3.63) is 11.1 Å². The third-order valence-electron chi connectivity index (χ3n) is 5.70. The quantitative estimate of drug-likeness (QED) is 0.291. The number of carbonyl (C=O) groups excluding carboxylic acids is 1. The summed E-state index contributed by atoms with van der Waals surface area (Å²) in [7, 11) is -3.89. The molecule has 3 nitrogen and oxygen atoms in total. The molecule has 25 heavy (non-hydrogen) atoms. The molecule has 0 bridgehead atoms. The van der Waals surface area contributed by atoms with Gasteiger partial charge in [0.25, 0.3) is 0 Å². The van der Waals surface area contributed by atoms with E-state index in [1.54, 1.807) is 0 Å². The van der Waals surface area contributed by atoms with Crippen LogP contribution in [-0.2, 0) is 13.6 Å². The van der Waals surface area contributed by atoms with Crippen molar-refractivity contribution in [1.82, 2.24) is 0 Å². The van der Waals surface area contributed by atoms with E-state index in [9.17, 15) is 4.79 Å². The number of hydrogen-bond acceptors (Lipinski definition) is 3. The minimum Gasteiger partial charge on any atom is -0.413 e. The first-order chi connectivity index (χ1) is 10.9. The topological polar surface area (TPSA) is 35.5 Å². The third-order valence-corrected chi connectivity index (χ3v) is 15.2. The molecule has 6 heteroatoms. The molecule has 0 amide bonds. The van der Waals surface area contributed by atoms with Gasteiger partial charge >= 0.3 is 0 Å². The van der Waals surface area contributed by atoms with Crippen LogP contribution in [0.5, 0.6) is 0 Å². The molecule has 0 aliphatic heterocycles. The molecule has 0 saturated heterocycles. The van der Waals surface area contributed by atoms with Crippen molar-refractivity contribution in [3.63, 3.8) is 0 Å². The Morgan fingerprint density at radius 3 is 1.72 bits per heavy atom. The van der Waals surface area contributed by atoms with E-state index in [1.807, 2.05) is 0 Å². The fourth-order valence-corrected chi connectivity index (χ4v) is 5.04. The summed E-state index contributed by atoms with van der Waals surface area (Å²) in [6.07, 6.45) is 1.72. The van der Waals surface area contributed by atoms with E-state index in [1.165, 1.54) is 0 Å². The second-order valence-corrected chi connectivity index (χ2v) is 20.5. The Bertz CT molecular complexity index is 462. The van der Waals surface area contributed by atoms with E-state index in [0.717, 1.165) is 10.8 Å². The highest BCUT2D eigenvalue weighted by Crippen LogP contribution is 2.41. The summed E-state index contributed by atoms with van der Waals surface area (Å²) >= 11 is 3.53. The average molecular weight is 452 g/mol. The number of aldehydes is 1. The molecule has 0 spiro atoms. The van der Waals surface area contributed by atoms with Gasteiger partial charge in [0.15, 0.2) is 16.6 Å². The summed E-state index contributed by atoms with van der Waals surface area (Å²) in [6.45, 7) is 26.3. The van der Waals surface area contributed by atoms with E-state index in [2.05, 4.69) is 90.2 Å². The molecule has 0 aromatic carbocycles. The molecule has 0 heterocycles. The Labute approximate surface area is 166 Å². The van der Waals surface area contributed by atoms with Gasteiger partial charge in [0.2, 0.25) is 0 Å². The van der Waals surface area contributed by atoms with Crippen LogP contribution in [0.25, 0.3) is 0 Å². The van der Waals surface area contributed by atoms with Crippen molar-refractivity contribution in [2.45, 2.75) is 103 Å². The first-order valence-electron chi connectivity index (χ1n) is 9.08. The minimum absolute atomic E-state index is 0.106. The van der Waals surface area contributed by atoms with Crippen LogP contribution in [0.2, 0.25) is 36.3 Å². The Hall–Kier alpha value is 0.244. The second kappa shape index (κ2) is 8.96. The molecule has 0 N–H and O–H groups in total. The molecule has 0 rings (SSSR count). The fourth-order valence-electron chi connectivity index (χ4n) is 1.90. The molecule has 0 aliphatic rings. The molecule has 0 fully saturated rings. The van der Waals surface area contributed by atoms with Crippen molar-refractivity contribution >= 4 is 38.9 Å². The van der Waals surface area contributed by atoms with Crippen LogP contribution in [-0.4, -0.2) is 35.1 Å². The lowest BCUT2D eigenvalue weighted by molar-refractivity contribution is -0.109. The van der Waals surface area contributed by atoms with Crippen molar-refractivity contribution in [3.8, 4) is 0 Å². The summed E-state index contributed by atoms with van der Waals surface area (Å²) in [4.78, 5) is 11.2. The molecule has 148 valence electrons. The summed E-state index contributed by atoms with van der Waals surface area (Å²) in [6, 6.07) is 0. The highest BCUT2D eigenvalue weighted by molar-refractivity contribution is 9.11. The minimum atomic E-state index is -1.95. The van der Waals surface area contributed by atoms with Gasteiger partial charge < -0.3 is 13.6 Å². The lowest BCUT2D eigenvalue weighted by atomic mass is 10.1. The molecule has 0 unspecified atom stereocenters. The summed E-state index contributed by atoms with van der Waals surface area (Å²) in [5, 5.41) is 0.226. The van der Waals surface area contributed by atoms with Gasteiger partial charge in [-0.1, -0.05) is 64.1 Å². The number of rotatable bonds is 9. The van der Waals surface area contributed by atoms with Crippen LogP contribution in [0, 0.1) is 0 Å². The Kier molecular flexibility index (Phi) is 9.04. The maximum absolute atomic E-state index is 11.2. The zero-order chi connectivity index (χ0) is 20.3. The van der Waals surface area contributed by atoms with Crippen LogP contribution in [0.3, 0.4) is 0 Å². The lowest BCUT2D eigenvalue weighted by Gasteiger charge is -2.42. The predicted molar refractivity (Wildman–Crippen MR) is 118 cm³/mol. The largest absolute Gasteiger partial charge is 0.413 e. The summed E-state index contributed by atoms with van der Waals surface area (Å²) < 4.78 is 13.9. The van der Waals surface area contributed by atoms with Crippen LogP contribution < -0.4 is 0 Å². The van der Waals surface area contributed by atoms with Crippen molar-refractivity contribution < 1.29 is 13.6 Å². The van der Waals surface area contributed by atoms with Gasteiger partial charge in [-0.3, -0.25) is 0 Å². The Morgan fingerprint density at radius 1 is 1.00 bits per heavy atom. The van der Waals surface area contributed by atoms with Gasteiger partial charge in [-0.05, 0) is 36.3 Å². The van der Waals surface area contributed by atoms with Crippen molar-refractivity contribution in [2.24, 2.45) is 0 Å². The summed E-state index contributed by atoms with van der Waals surface area (Å²) in [5.41, 5.74) is 0. The molecule has 0 aliphatic carbocycles. The van der Waals surface area contributed by atoms with Crippen LogP contribution >= 0.6 is 15.9 Å². The van der Waals surface area contributed by atoms with E-state index in [-0.39, 0.29) is 22.3 Å². The van der Waals surface area contributed by atoms with Gasteiger partial charge in [0.1, 0.15) is 6.29 Å². The number of hydrogen-bond donors (Lipinski definition) is 0. The SMILES string of the molecule is C=C(Br)[C@H](C[C@@H](CC=O)O[Si](C)(C)C(C)(C)C)O[Si](C)(C)C(C)(C)C. The third kappa shape index (κ3) is 7.79. The van der Waals surface area contributed by atoms with E-state index in [0.29, 0.717) is 12.8 Å². The first-order valence-corrected chi connectivity index (χ1v) is 15.7.